The number of aromatic amines is 1. The molecule has 1 aromatic carbocycles. The van der Waals surface area contributed by atoms with E-state index in [1.54, 1.807) is 18.5 Å². The summed E-state index contributed by atoms with van der Waals surface area (Å²) in [7, 11) is 0. The summed E-state index contributed by atoms with van der Waals surface area (Å²) in [6, 6.07) is 11.0. The predicted octanol–water partition coefficient (Wildman–Crippen LogP) is 2.32. The number of nitrogens with zero attached hydrogens (tertiary/aromatic N) is 2. The highest BCUT2D eigenvalue weighted by Gasteiger charge is 2.14. The minimum absolute atomic E-state index is 0.204. The van der Waals surface area contributed by atoms with Crippen molar-refractivity contribution in [3.63, 3.8) is 0 Å². The summed E-state index contributed by atoms with van der Waals surface area (Å²) >= 11 is 0. The van der Waals surface area contributed by atoms with E-state index < -0.39 is 0 Å². The van der Waals surface area contributed by atoms with Crippen LogP contribution in [0.1, 0.15) is 10.5 Å². The number of imidazole rings is 1. The van der Waals surface area contributed by atoms with Crippen LogP contribution in [0.15, 0.2) is 53.3 Å². The quantitative estimate of drug-likeness (QED) is 0.751. The van der Waals surface area contributed by atoms with Crippen molar-refractivity contribution in [3.8, 4) is 11.3 Å². The lowest BCUT2D eigenvalue weighted by atomic mass is 10.1. The third-order valence-corrected chi connectivity index (χ3v) is 2.53. The standard InChI is InChI=1S/C13H10N4O2/c18-12(16-13-14-6-7-15-13)10-8-11(19-17-10)9-4-2-1-3-5-9/h1-8H,(H2,14,15,16,18). The molecule has 6 nitrogen and oxygen atoms in total. The van der Waals surface area contributed by atoms with Gasteiger partial charge in [-0.1, -0.05) is 35.5 Å². The maximum absolute atomic E-state index is 11.9. The van der Waals surface area contributed by atoms with Gasteiger partial charge in [-0.25, -0.2) is 4.98 Å². The summed E-state index contributed by atoms with van der Waals surface area (Å²) in [6.45, 7) is 0. The maximum Gasteiger partial charge on any atom is 0.280 e. The largest absolute Gasteiger partial charge is 0.355 e. The Bertz CT molecular complexity index is 674. The second-order valence-corrected chi connectivity index (χ2v) is 3.83. The van der Waals surface area contributed by atoms with E-state index in [9.17, 15) is 4.79 Å². The number of carbonyl (C=O) groups is 1. The number of carbonyl (C=O) groups excluding carboxylic acids is 1. The Balaban J connectivity index is 1.80. The minimum Gasteiger partial charge on any atom is -0.355 e. The number of benzene rings is 1. The summed E-state index contributed by atoms with van der Waals surface area (Å²) in [5, 5.41) is 6.32. The van der Waals surface area contributed by atoms with Crippen molar-refractivity contribution in [3.05, 3.63) is 54.5 Å². The van der Waals surface area contributed by atoms with Crippen molar-refractivity contribution in [2.75, 3.05) is 5.32 Å². The normalized spacial score (nSPS) is 10.3. The molecule has 0 fully saturated rings. The number of hydrogen-bond donors (Lipinski definition) is 2. The summed E-state index contributed by atoms with van der Waals surface area (Å²) in [4.78, 5) is 18.5. The Morgan fingerprint density at radius 2 is 2.11 bits per heavy atom. The third kappa shape index (κ3) is 2.37. The Morgan fingerprint density at radius 1 is 1.26 bits per heavy atom. The average molecular weight is 254 g/mol. The van der Waals surface area contributed by atoms with Gasteiger partial charge in [0, 0.05) is 24.0 Å². The highest BCUT2D eigenvalue weighted by molar-refractivity contribution is 6.02. The minimum atomic E-state index is -0.374. The van der Waals surface area contributed by atoms with Gasteiger partial charge in [-0.2, -0.15) is 0 Å². The zero-order chi connectivity index (χ0) is 13.1. The first-order chi connectivity index (χ1) is 9.33. The third-order valence-electron chi connectivity index (χ3n) is 2.53. The molecule has 0 spiro atoms. The molecule has 2 aromatic heterocycles. The Labute approximate surface area is 108 Å². The first-order valence-electron chi connectivity index (χ1n) is 5.66. The van der Waals surface area contributed by atoms with Crippen LogP contribution in [0.25, 0.3) is 11.3 Å². The second-order valence-electron chi connectivity index (χ2n) is 3.83. The van der Waals surface area contributed by atoms with Gasteiger partial charge in [-0.3, -0.25) is 10.1 Å². The van der Waals surface area contributed by atoms with E-state index in [0.29, 0.717) is 11.7 Å². The molecule has 0 aliphatic heterocycles. The molecule has 2 heterocycles. The van der Waals surface area contributed by atoms with Crippen LogP contribution in [0.5, 0.6) is 0 Å². The Morgan fingerprint density at radius 3 is 2.84 bits per heavy atom. The average Bonchev–Trinajstić information content (AvgIpc) is 3.10. The van der Waals surface area contributed by atoms with Crippen molar-refractivity contribution in [1.29, 1.82) is 0 Å². The van der Waals surface area contributed by atoms with Crippen LogP contribution in [-0.4, -0.2) is 21.0 Å². The first-order valence-corrected chi connectivity index (χ1v) is 5.66. The van der Waals surface area contributed by atoms with E-state index >= 15 is 0 Å². The van der Waals surface area contributed by atoms with Gasteiger partial charge in [0.25, 0.3) is 5.91 Å². The van der Waals surface area contributed by atoms with E-state index in [1.807, 2.05) is 30.3 Å². The molecule has 2 N–H and O–H groups in total. The van der Waals surface area contributed by atoms with Gasteiger partial charge in [0.1, 0.15) is 0 Å². The van der Waals surface area contributed by atoms with Crippen molar-refractivity contribution in [1.82, 2.24) is 15.1 Å². The molecule has 0 radical (unpaired) electrons. The van der Waals surface area contributed by atoms with Crippen molar-refractivity contribution in [2.45, 2.75) is 0 Å². The van der Waals surface area contributed by atoms with E-state index in [-0.39, 0.29) is 11.6 Å². The van der Waals surface area contributed by atoms with Crippen LogP contribution in [0, 0.1) is 0 Å². The summed E-state index contributed by atoms with van der Waals surface area (Å²) in [5.74, 6) is 0.542. The molecule has 19 heavy (non-hydrogen) atoms. The fourth-order valence-electron chi connectivity index (χ4n) is 1.63. The Kier molecular flexibility index (Phi) is 2.82. The fourth-order valence-corrected chi connectivity index (χ4v) is 1.63. The van der Waals surface area contributed by atoms with Crippen LogP contribution in [0.3, 0.4) is 0 Å². The van der Waals surface area contributed by atoms with Gasteiger partial charge < -0.3 is 9.51 Å². The number of anilines is 1. The van der Waals surface area contributed by atoms with E-state index in [0.717, 1.165) is 5.56 Å². The lowest BCUT2D eigenvalue weighted by molar-refractivity contribution is 0.101. The molecule has 0 saturated carbocycles. The number of amides is 1. The molecule has 1 amide bonds. The molecule has 0 aliphatic rings. The number of H-pyrrole nitrogens is 1. The predicted molar refractivity (Wildman–Crippen MR) is 68.5 cm³/mol. The van der Waals surface area contributed by atoms with Crippen LogP contribution in [-0.2, 0) is 0 Å². The topological polar surface area (TPSA) is 83.8 Å². The lowest BCUT2D eigenvalue weighted by Gasteiger charge is -1.96. The number of rotatable bonds is 3. The summed E-state index contributed by atoms with van der Waals surface area (Å²) in [5.41, 5.74) is 1.07. The van der Waals surface area contributed by atoms with Gasteiger partial charge >= 0.3 is 0 Å². The molecule has 0 bridgehead atoms. The van der Waals surface area contributed by atoms with Gasteiger partial charge in [0.15, 0.2) is 11.5 Å². The molecule has 6 heteroatoms. The lowest BCUT2D eigenvalue weighted by Crippen LogP contribution is -2.13. The summed E-state index contributed by atoms with van der Waals surface area (Å²) < 4.78 is 5.15. The SMILES string of the molecule is O=C(Nc1ncc[nH]1)c1cc(-c2ccccc2)on1. The zero-order valence-corrected chi connectivity index (χ0v) is 9.83. The second kappa shape index (κ2) is 4.77. The fraction of sp³-hybridized carbons (Fsp3) is 0. The van der Waals surface area contributed by atoms with Gasteiger partial charge in [0.2, 0.25) is 5.95 Å². The number of aromatic nitrogens is 3. The summed E-state index contributed by atoms with van der Waals surface area (Å²) in [6.07, 6.45) is 3.17. The van der Waals surface area contributed by atoms with Crippen LogP contribution in [0.2, 0.25) is 0 Å². The molecule has 0 saturated heterocycles. The van der Waals surface area contributed by atoms with Crippen molar-refractivity contribution < 1.29 is 9.32 Å². The zero-order valence-electron chi connectivity index (χ0n) is 9.83. The van der Waals surface area contributed by atoms with Crippen LogP contribution >= 0.6 is 0 Å². The van der Waals surface area contributed by atoms with Gasteiger partial charge in [0.05, 0.1) is 0 Å². The number of nitrogens with one attached hydrogen (secondary N) is 2. The van der Waals surface area contributed by atoms with E-state index in [4.69, 9.17) is 4.52 Å². The highest BCUT2D eigenvalue weighted by atomic mass is 16.5. The molecule has 0 unspecified atom stereocenters. The monoisotopic (exact) mass is 254 g/mol. The molecular formula is C13H10N4O2. The number of hydrogen-bond acceptors (Lipinski definition) is 4. The van der Waals surface area contributed by atoms with Crippen LogP contribution < -0.4 is 5.32 Å². The molecule has 0 aliphatic carbocycles. The smallest absolute Gasteiger partial charge is 0.280 e. The molecular weight excluding hydrogens is 244 g/mol. The van der Waals surface area contributed by atoms with E-state index in [1.165, 1.54) is 0 Å². The first kappa shape index (κ1) is 11.2. The highest BCUT2D eigenvalue weighted by Crippen LogP contribution is 2.19. The van der Waals surface area contributed by atoms with Crippen LogP contribution in [0.4, 0.5) is 5.95 Å². The van der Waals surface area contributed by atoms with E-state index in [2.05, 4.69) is 20.4 Å². The maximum atomic E-state index is 11.9. The molecule has 0 atom stereocenters. The molecule has 3 rings (SSSR count). The van der Waals surface area contributed by atoms with Gasteiger partial charge in [-0.15, -0.1) is 0 Å². The van der Waals surface area contributed by atoms with Crippen molar-refractivity contribution in [2.24, 2.45) is 0 Å². The van der Waals surface area contributed by atoms with Gasteiger partial charge in [-0.05, 0) is 0 Å². The molecule has 94 valence electrons. The molecule has 3 aromatic rings. The Hall–Kier alpha value is -2.89. The van der Waals surface area contributed by atoms with Crippen molar-refractivity contribution >= 4 is 11.9 Å².